The van der Waals surface area contributed by atoms with Gasteiger partial charge in [0.15, 0.2) is 0 Å². The van der Waals surface area contributed by atoms with Gasteiger partial charge in [0, 0.05) is 0 Å². The smallest absolute Gasteiger partial charge is 0.206 e. The van der Waals surface area contributed by atoms with Crippen molar-refractivity contribution >= 4 is 24.1 Å². The van der Waals surface area contributed by atoms with Crippen molar-refractivity contribution in [2.45, 2.75) is 26.7 Å². The second-order valence-electron chi connectivity index (χ2n) is 4.28. The van der Waals surface area contributed by atoms with Crippen molar-refractivity contribution in [2.75, 3.05) is 0 Å². The monoisotopic (exact) mass is 240 g/mol. The lowest BCUT2D eigenvalue weighted by atomic mass is 9.69. The molecule has 88 valence electrons. The van der Waals surface area contributed by atoms with Gasteiger partial charge in [-0.25, -0.2) is 5.43 Å². The molecule has 4 N–H and O–H groups in total. The third-order valence-corrected chi connectivity index (χ3v) is 2.93. The van der Waals surface area contributed by atoms with E-state index < -0.39 is 0 Å². The van der Waals surface area contributed by atoms with Crippen LogP contribution in [0.15, 0.2) is 27.9 Å². The molecule has 2 rings (SSSR count). The highest BCUT2D eigenvalue weighted by atomic mass is 35.5. The molecule has 1 saturated carbocycles. The summed E-state index contributed by atoms with van der Waals surface area (Å²) in [5, 5.41) is 11.2. The molecular formula is C11H17ClN4. The molecule has 0 aliphatic heterocycles. The van der Waals surface area contributed by atoms with Gasteiger partial charge < -0.3 is 5.73 Å². The van der Waals surface area contributed by atoms with Gasteiger partial charge in [-0.1, -0.05) is 11.6 Å². The molecule has 1 fully saturated rings. The van der Waals surface area contributed by atoms with E-state index in [4.69, 9.17) is 11.1 Å². The highest BCUT2D eigenvalue weighted by molar-refractivity contribution is 6.08. The molecule has 0 heterocycles. The van der Waals surface area contributed by atoms with Crippen molar-refractivity contribution < 1.29 is 0 Å². The number of rotatable bonds is 1. The van der Waals surface area contributed by atoms with Crippen molar-refractivity contribution in [1.29, 1.82) is 5.41 Å². The van der Waals surface area contributed by atoms with Gasteiger partial charge in [-0.05, 0) is 43.8 Å². The number of nitrogens with one attached hydrogen (secondary N) is 2. The Kier molecular flexibility index (Phi) is 3.75. The van der Waals surface area contributed by atoms with E-state index >= 15 is 0 Å². The fraction of sp³-hybridized carbons (Fsp3) is 0.455. The van der Waals surface area contributed by atoms with E-state index in [0.717, 1.165) is 18.6 Å². The highest BCUT2D eigenvalue weighted by Crippen LogP contribution is 2.41. The Hall–Kier alpha value is -1.29. The van der Waals surface area contributed by atoms with Crippen molar-refractivity contribution in [2.24, 2.45) is 16.8 Å². The molecule has 0 amide bonds. The van der Waals surface area contributed by atoms with E-state index in [2.05, 4.69) is 30.5 Å². The molecule has 1 atom stereocenters. The van der Waals surface area contributed by atoms with Crippen molar-refractivity contribution in [3.63, 3.8) is 0 Å². The van der Waals surface area contributed by atoms with Crippen LogP contribution in [-0.2, 0) is 0 Å². The van der Waals surface area contributed by atoms with Gasteiger partial charge in [0.1, 0.15) is 0 Å². The predicted molar refractivity (Wildman–Crippen MR) is 68.9 cm³/mol. The first-order valence-electron chi connectivity index (χ1n) is 5.13. The Balaban J connectivity index is 0.00000128. The first-order chi connectivity index (χ1) is 7.08. The number of guanidine groups is 1. The Morgan fingerprint density at radius 3 is 2.75 bits per heavy atom. The first-order valence-corrected chi connectivity index (χ1v) is 5.13. The zero-order valence-electron chi connectivity index (χ0n) is 9.50. The topological polar surface area (TPSA) is 74.3 Å². The zero-order chi connectivity index (χ0) is 11.0. The molecule has 2 aliphatic rings. The number of nitrogens with zero attached hydrogens (tertiary/aromatic N) is 1. The van der Waals surface area contributed by atoms with Crippen LogP contribution in [0.3, 0.4) is 0 Å². The lowest BCUT2D eigenvalue weighted by Gasteiger charge is -2.36. The Morgan fingerprint density at radius 1 is 1.50 bits per heavy atom. The quantitative estimate of drug-likeness (QED) is 0.372. The van der Waals surface area contributed by atoms with Gasteiger partial charge in [-0.2, -0.15) is 5.10 Å². The molecule has 5 heteroatoms. The number of hydrazone groups is 1. The molecule has 0 aromatic carbocycles. The minimum absolute atomic E-state index is 0. The van der Waals surface area contributed by atoms with Crippen molar-refractivity contribution in [3.8, 4) is 0 Å². The number of halogens is 1. The molecule has 4 nitrogen and oxygen atoms in total. The largest absolute Gasteiger partial charge is 0.369 e. The fourth-order valence-electron chi connectivity index (χ4n) is 2.40. The predicted octanol–water partition coefficient (Wildman–Crippen LogP) is 1.93. The summed E-state index contributed by atoms with van der Waals surface area (Å²) in [4.78, 5) is 0. The van der Waals surface area contributed by atoms with Crippen LogP contribution in [0.5, 0.6) is 0 Å². The lowest BCUT2D eigenvalue weighted by molar-refractivity contribution is 0.580. The van der Waals surface area contributed by atoms with Crippen LogP contribution in [0, 0.1) is 11.3 Å². The van der Waals surface area contributed by atoms with E-state index in [0.29, 0.717) is 5.92 Å². The summed E-state index contributed by atoms with van der Waals surface area (Å²) in [5.74, 6) is 0.536. The summed E-state index contributed by atoms with van der Waals surface area (Å²) < 4.78 is 0. The number of hydrogen-bond donors (Lipinski definition) is 3. The van der Waals surface area contributed by atoms with Crippen LogP contribution in [0.25, 0.3) is 0 Å². The van der Waals surface area contributed by atoms with Gasteiger partial charge in [0.25, 0.3) is 0 Å². The minimum atomic E-state index is -0.105. The summed E-state index contributed by atoms with van der Waals surface area (Å²) in [6.07, 6.45) is 4.36. The summed E-state index contributed by atoms with van der Waals surface area (Å²) in [5.41, 5.74) is 12.8. The van der Waals surface area contributed by atoms with E-state index in [1.165, 1.54) is 16.7 Å². The van der Waals surface area contributed by atoms with E-state index in [1.807, 2.05) is 0 Å². The van der Waals surface area contributed by atoms with Crippen LogP contribution in [-0.4, -0.2) is 11.7 Å². The van der Waals surface area contributed by atoms with E-state index in [-0.39, 0.29) is 18.4 Å². The Morgan fingerprint density at radius 2 is 2.19 bits per heavy atom. The molecule has 1 unspecified atom stereocenters. The van der Waals surface area contributed by atoms with Crippen LogP contribution < -0.4 is 11.2 Å². The maximum absolute atomic E-state index is 7.03. The fourth-order valence-corrected chi connectivity index (χ4v) is 2.40. The summed E-state index contributed by atoms with van der Waals surface area (Å²) in [6.45, 7) is 4.29. The van der Waals surface area contributed by atoms with E-state index in [9.17, 15) is 0 Å². The number of allylic oxidation sites excluding steroid dienone is 4. The Bertz CT molecular complexity index is 406. The molecule has 0 bridgehead atoms. The van der Waals surface area contributed by atoms with Gasteiger partial charge in [-0.15, -0.1) is 12.4 Å². The van der Waals surface area contributed by atoms with Crippen LogP contribution >= 0.6 is 12.4 Å². The molecular weight excluding hydrogens is 224 g/mol. The number of fused-ring (bicyclic) bond motifs is 1. The third kappa shape index (κ3) is 2.27. The van der Waals surface area contributed by atoms with Gasteiger partial charge in [-0.3, -0.25) is 5.41 Å². The summed E-state index contributed by atoms with van der Waals surface area (Å²) in [7, 11) is 0. The highest BCUT2D eigenvalue weighted by Gasteiger charge is 2.34. The first kappa shape index (κ1) is 12.8. The zero-order valence-corrected chi connectivity index (χ0v) is 10.3. The normalized spacial score (nSPS) is 25.2. The van der Waals surface area contributed by atoms with E-state index in [1.54, 1.807) is 0 Å². The average Bonchev–Trinajstić information content (AvgIpc) is 2.06. The maximum Gasteiger partial charge on any atom is 0.206 e. The Labute approximate surface area is 102 Å². The second-order valence-corrected chi connectivity index (χ2v) is 4.28. The van der Waals surface area contributed by atoms with Crippen molar-refractivity contribution in [1.82, 2.24) is 5.43 Å². The summed E-state index contributed by atoms with van der Waals surface area (Å²) >= 11 is 0. The summed E-state index contributed by atoms with van der Waals surface area (Å²) in [6, 6.07) is 0. The standard InChI is InChI=1S/C11H16N4.ClH/c1-6-3-7(2)10-8(4-6)5-9(10)14-15-11(12)13;/h3,8H,4-5H2,1-2H3,(H4,12,13,15);1H. The minimum Gasteiger partial charge on any atom is -0.369 e. The lowest BCUT2D eigenvalue weighted by Crippen LogP contribution is -2.35. The molecule has 0 radical (unpaired) electrons. The van der Waals surface area contributed by atoms with Crippen LogP contribution in [0.2, 0.25) is 0 Å². The van der Waals surface area contributed by atoms with Crippen LogP contribution in [0.1, 0.15) is 26.7 Å². The molecule has 0 aromatic heterocycles. The number of nitrogens with two attached hydrogens (primary N) is 1. The molecule has 2 aliphatic carbocycles. The molecule has 0 aromatic rings. The van der Waals surface area contributed by atoms with Gasteiger partial charge >= 0.3 is 0 Å². The van der Waals surface area contributed by atoms with Crippen molar-refractivity contribution in [3.05, 3.63) is 22.8 Å². The molecule has 16 heavy (non-hydrogen) atoms. The molecule has 0 saturated heterocycles. The third-order valence-electron chi connectivity index (χ3n) is 2.93. The SMILES string of the molecule is CC1=CC(C)=C2C(=NNC(=N)N)CC2C1.Cl. The van der Waals surface area contributed by atoms with Crippen LogP contribution in [0.4, 0.5) is 0 Å². The number of hydrogen-bond acceptors (Lipinski definition) is 2. The van der Waals surface area contributed by atoms with Gasteiger partial charge in [0.2, 0.25) is 5.96 Å². The maximum atomic E-state index is 7.03. The molecule has 0 spiro atoms. The average molecular weight is 241 g/mol. The van der Waals surface area contributed by atoms with Gasteiger partial charge in [0.05, 0.1) is 5.71 Å². The second kappa shape index (κ2) is 4.70.